The molecule has 9 nitrogen and oxygen atoms in total. The van der Waals surface area contributed by atoms with Gasteiger partial charge in [-0.05, 0) is 25.0 Å². The molecule has 3 heterocycles. The minimum atomic E-state index is -3.81. The van der Waals surface area contributed by atoms with Crippen LogP contribution in [-0.2, 0) is 21.8 Å². The average Bonchev–Trinajstić information content (AvgIpc) is 3.49. The fraction of sp³-hybridized carbons (Fsp3) is 0.478. The number of aromatic nitrogens is 4. The molecular weight excluding hydrogens is 459 g/mol. The molecule has 0 radical (unpaired) electrons. The van der Waals surface area contributed by atoms with Crippen LogP contribution in [0.1, 0.15) is 56.8 Å². The molecule has 34 heavy (non-hydrogen) atoms. The minimum absolute atomic E-state index is 0.00626. The second kappa shape index (κ2) is 8.09. The van der Waals surface area contributed by atoms with Crippen molar-refractivity contribution in [2.75, 3.05) is 17.2 Å². The van der Waals surface area contributed by atoms with Gasteiger partial charge in [0.15, 0.2) is 9.84 Å². The van der Waals surface area contributed by atoms with E-state index >= 15 is 4.39 Å². The van der Waals surface area contributed by atoms with Gasteiger partial charge in [0.25, 0.3) is 5.89 Å². The fourth-order valence-electron chi connectivity index (χ4n) is 4.01. The topological polar surface area (TPSA) is 128 Å². The molecule has 0 saturated heterocycles. The standard InChI is InChI=1S/C23H27FN6O3S/c1-23(2,3)22-29-28-21(33-22)16-6-18-19(7-17(16)24)34(31,32)12-15(25)11-30(18)10-13-8-26-20(27-9-13)14-4-5-14/h6-9,14-15H,4-5,10-12,25H2,1-3H3/t15-/m1/s1. The van der Waals surface area contributed by atoms with Crippen molar-refractivity contribution in [3.63, 3.8) is 0 Å². The van der Waals surface area contributed by atoms with E-state index in [1.165, 1.54) is 6.07 Å². The second-order valence-corrected chi connectivity index (χ2v) is 12.1. The van der Waals surface area contributed by atoms with Gasteiger partial charge in [-0.1, -0.05) is 20.8 Å². The van der Waals surface area contributed by atoms with Gasteiger partial charge in [-0.3, -0.25) is 0 Å². The normalized spacial score (nSPS) is 20.1. The van der Waals surface area contributed by atoms with Crippen molar-refractivity contribution in [2.45, 2.75) is 62.4 Å². The van der Waals surface area contributed by atoms with Gasteiger partial charge < -0.3 is 15.1 Å². The highest BCUT2D eigenvalue weighted by atomic mass is 32.2. The van der Waals surface area contributed by atoms with Crippen LogP contribution >= 0.6 is 0 Å². The lowest BCUT2D eigenvalue weighted by atomic mass is 9.97. The zero-order valence-corrected chi connectivity index (χ0v) is 20.1. The number of anilines is 1. The van der Waals surface area contributed by atoms with E-state index in [4.69, 9.17) is 10.2 Å². The van der Waals surface area contributed by atoms with Crippen molar-refractivity contribution < 1.29 is 17.2 Å². The van der Waals surface area contributed by atoms with Crippen molar-refractivity contribution in [1.29, 1.82) is 0 Å². The van der Waals surface area contributed by atoms with Crippen LogP contribution in [-0.4, -0.2) is 46.9 Å². The van der Waals surface area contributed by atoms with Crippen LogP contribution in [0.3, 0.4) is 0 Å². The summed E-state index contributed by atoms with van der Waals surface area (Å²) < 4.78 is 46.9. The Balaban J connectivity index is 1.57. The summed E-state index contributed by atoms with van der Waals surface area (Å²) in [5.41, 5.74) is 6.93. The lowest BCUT2D eigenvalue weighted by Crippen LogP contribution is -2.39. The molecule has 2 aliphatic rings. The van der Waals surface area contributed by atoms with E-state index in [0.717, 1.165) is 30.3 Å². The number of nitrogens with two attached hydrogens (primary N) is 1. The molecule has 2 aromatic heterocycles. The predicted molar refractivity (Wildman–Crippen MR) is 123 cm³/mol. The molecule has 1 aromatic carbocycles. The molecule has 11 heteroatoms. The largest absolute Gasteiger partial charge is 0.420 e. The molecule has 1 atom stereocenters. The van der Waals surface area contributed by atoms with E-state index in [-0.39, 0.29) is 28.6 Å². The molecular formula is C23H27FN6O3S. The van der Waals surface area contributed by atoms with Crippen molar-refractivity contribution in [2.24, 2.45) is 5.73 Å². The summed E-state index contributed by atoms with van der Waals surface area (Å²) in [6.07, 6.45) is 5.71. The van der Waals surface area contributed by atoms with Gasteiger partial charge in [0.1, 0.15) is 11.6 Å². The Bertz CT molecular complexity index is 1330. The summed E-state index contributed by atoms with van der Waals surface area (Å²) in [6, 6.07) is 1.84. The minimum Gasteiger partial charge on any atom is -0.420 e. The number of hydrogen-bond donors (Lipinski definition) is 1. The van der Waals surface area contributed by atoms with Crippen LogP contribution in [0, 0.1) is 5.82 Å². The van der Waals surface area contributed by atoms with Crippen LogP contribution in [0.5, 0.6) is 0 Å². The van der Waals surface area contributed by atoms with Crippen LogP contribution < -0.4 is 10.6 Å². The molecule has 0 amide bonds. The number of nitrogens with zero attached hydrogens (tertiary/aromatic N) is 5. The lowest BCUT2D eigenvalue weighted by molar-refractivity contribution is 0.398. The number of halogens is 1. The molecule has 0 unspecified atom stereocenters. The van der Waals surface area contributed by atoms with Gasteiger partial charge in [0, 0.05) is 48.4 Å². The maximum absolute atomic E-state index is 15.2. The number of benzene rings is 1. The van der Waals surface area contributed by atoms with Gasteiger partial charge in [-0.25, -0.2) is 22.8 Å². The molecule has 0 spiro atoms. The van der Waals surface area contributed by atoms with E-state index in [1.807, 2.05) is 25.7 Å². The number of rotatable bonds is 4. The summed E-state index contributed by atoms with van der Waals surface area (Å²) in [7, 11) is -3.81. The third-order valence-electron chi connectivity index (χ3n) is 5.95. The molecule has 0 bridgehead atoms. The zero-order chi connectivity index (χ0) is 24.3. The fourth-order valence-corrected chi connectivity index (χ4v) is 5.65. The van der Waals surface area contributed by atoms with Crippen molar-refractivity contribution in [3.8, 4) is 11.5 Å². The quantitative estimate of drug-likeness (QED) is 0.592. The van der Waals surface area contributed by atoms with Gasteiger partial charge in [-0.2, -0.15) is 0 Å². The highest BCUT2D eigenvalue weighted by molar-refractivity contribution is 7.91. The summed E-state index contributed by atoms with van der Waals surface area (Å²) in [5.74, 6) is 0.587. The van der Waals surface area contributed by atoms with Crippen molar-refractivity contribution in [3.05, 3.63) is 47.6 Å². The first-order valence-corrected chi connectivity index (χ1v) is 12.9. The Morgan fingerprint density at radius 1 is 1.18 bits per heavy atom. The summed E-state index contributed by atoms with van der Waals surface area (Å²) in [4.78, 5) is 10.6. The Kier molecular flexibility index (Phi) is 5.44. The van der Waals surface area contributed by atoms with E-state index in [2.05, 4.69) is 20.2 Å². The first-order valence-electron chi connectivity index (χ1n) is 11.2. The predicted octanol–water partition coefficient (Wildman–Crippen LogP) is 2.96. The molecule has 180 valence electrons. The van der Waals surface area contributed by atoms with Gasteiger partial charge in [0.2, 0.25) is 5.89 Å². The Hall–Kier alpha value is -2.92. The maximum Gasteiger partial charge on any atom is 0.250 e. The maximum atomic E-state index is 15.2. The molecule has 5 rings (SSSR count). The van der Waals surface area contributed by atoms with E-state index < -0.39 is 27.1 Å². The summed E-state index contributed by atoms with van der Waals surface area (Å²) in [6.45, 7) is 6.31. The average molecular weight is 487 g/mol. The molecule has 1 aliphatic heterocycles. The third kappa shape index (κ3) is 4.41. The Labute approximate surface area is 197 Å². The second-order valence-electron chi connectivity index (χ2n) is 10.1. The molecule has 1 aliphatic carbocycles. The first kappa shape index (κ1) is 22.9. The Morgan fingerprint density at radius 2 is 1.88 bits per heavy atom. The van der Waals surface area contributed by atoms with E-state index in [9.17, 15) is 8.42 Å². The number of hydrogen-bond acceptors (Lipinski definition) is 9. The van der Waals surface area contributed by atoms with Gasteiger partial charge in [-0.15, -0.1) is 10.2 Å². The Morgan fingerprint density at radius 3 is 2.50 bits per heavy atom. The third-order valence-corrected chi connectivity index (χ3v) is 7.82. The van der Waals surface area contributed by atoms with Crippen LogP contribution in [0.4, 0.5) is 10.1 Å². The summed E-state index contributed by atoms with van der Waals surface area (Å²) in [5, 5.41) is 8.05. The van der Waals surface area contributed by atoms with Gasteiger partial charge in [0.05, 0.1) is 21.9 Å². The molecule has 1 saturated carbocycles. The van der Waals surface area contributed by atoms with Crippen LogP contribution in [0.15, 0.2) is 33.8 Å². The monoisotopic (exact) mass is 486 g/mol. The van der Waals surface area contributed by atoms with E-state index in [1.54, 1.807) is 12.4 Å². The van der Waals surface area contributed by atoms with Crippen molar-refractivity contribution in [1.82, 2.24) is 20.2 Å². The highest BCUT2D eigenvalue weighted by Gasteiger charge is 2.33. The number of sulfone groups is 1. The SMILES string of the molecule is CC(C)(C)c1nnc(-c2cc3c(cc2F)S(=O)(=O)C[C@H](N)CN3Cc2cnc(C3CC3)nc2)o1. The molecule has 2 N–H and O–H groups in total. The van der Waals surface area contributed by atoms with Gasteiger partial charge >= 0.3 is 0 Å². The van der Waals surface area contributed by atoms with Crippen LogP contribution in [0.2, 0.25) is 0 Å². The smallest absolute Gasteiger partial charge is 0.250 e. The molecule has 3 aromatic rings. The number of fused-ring (bicyclic) bond motifs is 1. The lowest BCUT2D eigenvalue weighted by Gasteiger charge is -2.26. The van der Waals surface area contributed by atoms with Crippen molar-refractivity contribution >= 4 is 15.5 Å². The van der Waals surface area contributed by atoms with E-state index in [0.29, 0.717) is 24.0 Å². The molecule has 1 fully saturated rings. The summed E-state index contributed by atoms with van der Waals surface area (Å²) >= 11 is 0. The van der Waals surface area contributed by atoms with Crippen LogP contribution in [0.25, 0.3) is 11.5 Å². The highest BCUT2D eigenvalue weighted by Crippen LogP contribution is 2.39. The zero-order valence-electron chi connectivity index (χ0n) is 19.3. The first-order chi connectivity index (χ1) is 16.0.